The number of carbonyl (C=O) groups is 2. The Kier molecular flexibility index (Phi) is 7.98. The molecular formula is C23H26O7. The normalized spacial score (nSPS) is 11.2. The summed E-state index contributed by atoms with van der Waals surface area (Å²) < 4.78 is 21.2. The summed E-state index contributed by atoms with van der Waals surface area (Å²) in [6, 6.07) is 4.38. The van der Waals surface area contributed by atoms with Crippen molar-refractivity contribution in [3.05, 3.63) is 51.9 Å². The summed E-state index contributed by atoms with van der Waals surface area (Å²) >= 11 is 0. The minimum atomic E-state index is -0.769. The number of allylic oxidation sites excluding steroid dienone is 3. The Morgan fingerprint density at radius 2 is 1.67 bits per heavy atom. The minimum absolute atomic E-state index is 0.0710. The fourth-order valence-electron chi connectivity index (χ4n) is 2.69. The molecule has 0 aliphatic heterocycles. The molecule has 160 valence electrons. The van der Waals surface area contributed by atoms with E-state index in [4.69, 9.17) is 18.6 Å². The van der Waals surface area contributed by atoms with Crippen LogP contribution in [0.4, 0.5) is 0 Å². The molecule has 1 aromatic heterocycles. The van der Waals surface area contributed by atoms with Gasteiger partial charge in [0.2, 0.25) is 5.75 Å². The summed E-state index contributed by atoms with van der Waals surface area (Å²) in [6.07, 6.45) is 5.79. The van der Waals surface area contributed by atoms with E-state index >= 15 is 0 Å². The van der Waals surface area contributed by atoms with Gasteiger partial charge in [-0.15, -0.1) is 0 Å². The summed E-state index contributed by atoms with van der Waals surface area (Å²) in [7, 11) is 0. The lowest BCUT2D eigenvalue weighted by Crippen LogP contribution is -2.13. The van der Waals surface area contributed by atoms with Gasteiger partial charge in [-0.1, -0.05) is 17.2 Å². The Hall–Kier alpha value is -3.35. The van der Waals surface area contributed by atoms with Crippen LogP contribution in [0.3, 0.4) is 0 Å². The number of benzene rings is 1. The highest BCUT2D eigenvalue weighted by Crippen LogP contribution is 2.35. The largest absolute Gasteiger partial charge is 0.480 e. The lowest BCUT2D eigenvalue weighted by Gasteiger charge is -2.12. The van der Waals surface area contributed by atoms with Crippen molar-refractivity contribution >= 4 is 22.9 Å². The Morgan fingerprint density at radius 3 is 2.30 bits per heavy atom. The van der Waals surface area contributed by atoms with E-state index in [1.165, 1.54) is 37.6 Å². The van der Waals surface area contributed by atoms with Gasteiger partial charge >= 0.3 is 17.6 Å². The van der Waals surface area contributed by atoms with Crippen LogP contribution in [0.25, 0.3) is 11.0 Å². The summed E-state index contributed by atoms with van der Waals surface area (Å²) in [5, 5.41) is 0.280. The Morgan fingerprint density at radius 1 is 0.967 bits per heavy atom. The van der Waals surface area contributed by atoms with Gasteiger partial charge in [-0.3, -0.25) is 9.59 Å². The van der Waals surface area contributed by atoms with Crippen molar-refractivity contribution in [3.8, 4) is 17.2 Å². The average molecular weight is 414 g/mol. The van der Waals surface area contributed by atoms with E-state index in [0.717, 1.165) is 18.4 Å². The summed E-state index contributed by atoms with van der Waals surface area (Å²) in [5.74, 6) is -1.20. The van der Waals surface area contributed by atoms with Crippen molar-refractivity contribution in [3.63, 3.8) is 0 Å². The lowest BCUT2D eigenvalue weighted by molar-refractivity contribution is -0.132. The van der Waals surface area contributed by atoms with E-state index < -0.39 is 17.6 Å². The molecule has 0 saturated heterocycles. The number of ether oxygens (including phenoxy) is 3. The van der Waals surface area contributed by atoms with Crippen molar-refractivity contribution in [1.29, 1.82) is 0 Å². The Labute approximate surface area is 174 Å². The first kappa shape index (κ1) is 22.9. The van der Waals surface area contributed by atoms with Crippen LogP contribution in [0.2, 0.25) is 0 Å². The number of fused-ring (bicyclic) bond motifs is 1. The van der Waals surface area contributed by atoms with Gasteiger partial charge < -0.3 is 18.6 Å². The van der Waals surface area contributed by atoms with Crippen molar-refractivity contribution < 1.29 is 28.2 Å². The molecular weight excluding hydrogens is 388 g/mol. The predicted octanol–water partition coefficient (Wildman–Crippen LogP) is 4.72. The molecule has 1 aromatic carbocycles. The molecule has 0 amide bonds. The van der Waals surface area contributed by atoms with Crippen LogP contribution in [0.15, 0.2) is 50.7 Å². The maximum atomic E-state index is 12.4. The molecule has 0 aliphatic carbocycles. The summed E-state index contributed by atoms with van der Waals surface area (Å²) in [6.45, 7) is 8.66. The maximum absolute atomic E-state index is 12.4. The highest BCUT2D eigenvalue weighted by Gasteiger charge is 2.20. The van der Waals surface area contributed by atoms with Gasteiger partial charge in [-0.2, -0.15) is 0 Å². The minimum Gasteiger partial charge on any atom is -0.480 e. The van der Waals surface area contributed by atoms with E-state index in [1.807, 2.05) is 26.8 Å². The monoisotopic (exact) mass is 414 g/mol. The molecule has 7 nitrogen and oxygen atoms in total. The maximum Gasteiger partial charge on any atom is 0.383 e. The molecule has 30 heavy (non-hydrogen) atoms. The van der Waals surface area contributed by atoms with Crippen molar-refractivity contribution in [2.24, 2.45) is 0 Å². The smallest absolute Gasteiger partial charge is 0.383 e. The standard InChI is InChI=1S/C23H26O7/c1-14(2)7-6-8-15(3)11-12-27-22-21(29-17(5)25)19-13-18(28-16(4)24)9-10-20(19)30-23(22)26/h7,9-11,13H,6,8,12H2,1-5H3/b15-11+. The zero-order valence-electron chi connectivity index (χ0n) is 17.9. The number of rotatable bonds is 8. The van der Waals surface area contributed by atoms with Gasteiger partial charge in [0, 0.05) is 13.8 Å². The van der Waals surface area contributed by atoms with Gasteiger partial charge in [0.1, 0.15) is 17.9 Å². The average Bonchev–Trinajstić information content (AvgIpc) is 2.63. The van der Waals surface area contributed by atoms with Crippen molar-refractivity contribution in [2.75, 3.05) is 6.61 Å². The van der Waals surface area contributed by atoms with Crippen LogP contribution in [-0.2, 0) is 9.59 Å². The Balaban J connectivity index is 2.36. The molecule has 0 spiro atoms. The van der Waals surface area contributed by atoms with Crippen molar-refractivity contribution in [2.45, 2.75) is 47.5 Å². The van der Waals surface area contributed by atoms with Gasteiger partial charge in [-0.05, 0) is 57.9 Å². The van der Waals surface area contributed by atoms with Crippen molar-refractivity contribution in [1.82, 2.24) is 0 Å². The third-order valence-corrected chi connectivity index (χ3v) is 4.05. The lowest BCUT2D eigenvalue weighted by atomic mass is 10.1. The topological polar surface area (TPSA) is 92.0 Å². The number of hydrogen-bond donors (Lipinski definition) is 0. The highest BCUT2D eigenvalue weighted by molar-refractivity contribution is 5.89. The molecule has 0 radical (unpaired) electrons. The predicted molar refractivity (Wildman–Crippen MR) is 113 cm³/mol. The zero-order valence-corrected chi connectivity index (χ0v) is 17.9. The fourth-order valence-corrected chi connectivity index (χ4v) is 2.69. The molecule has 0 N–H and O–H groups in total. The molecule has 2 rings (SSSR count). The van der Waals surface area contributed by atoms with Gasteiger partial charge in [-0.25, -0.2) is 4.79 Å². The van der Waals surface area contributed by atoms with Crippen LogP contribution < -0.4 is 19.8 Å². The highest BCUT2D eigenvalue weighted by atomic mass is 16.6. The number of carbonyl (C=O) groups excluding carboxylic acids is 2. The van der Waals surface area contributed by atoms with Crippen LogP contribution in [0.1, 0.15) is 47.5 Å². The fraction of sp³-hybridized carbons (Fsp3) is 0.348. The molecule has 0 aliphatic rings. The van der Waals surface area contributed by atoms with E-state index in [-0.39, 0.29) is 34.8 Å². The van der Waals surface area contributed by atoms with E-state index in [1.54, 1.807) is 0 Å². The quantitative estimate of drug-likeness (QED) is 0.267. The van der Waals surface area contributed by atoms with Crippen LogP contribution in [0, 0.1) is 0 Å². The van der Waals surface area contributed by atoms with Gasteiger partial charge in [0.15, 0.2) is 5.75 Å². The zero-order chi connectivity index (χ0) is 22.3. The third kappa shape index (κ3) is 6.62. The number of hydrogen-bond acceptors (Lipinski definition) is 7. The first-order valence-corrected chi connectivity index (χ1v) is 9.57. The molecule has 0 unspecified atom stereocenters. The molecule has 1 heterocycles. The van der Waals surface area contributed by atoms with E-state index in [9.17, 15) is 14.4 Å². The van der Waals surface area contributed by atoms with Crippen LogP contribution >= 0.6 is 0 Å². The van der Waals surface area contributed by atoms with E-state index in [2.05, 4.69) is 6.08 Å². The molecule has 0 atom stereocenters. The van der Waals surface area contributed by atoms with Gasteiger partial charge in [0.25, 0.3) is 0 Å². The SMILES string of the molecule is CC(=O)Oc1ccc2oc(=O)c(OC/C=C(\C)CCC=C(C)C)c(OC(C)=O)c2c1. The summed E-state index contributed by atoms with van der Waals surface area (Å²) in [5.41, 5.74) is 1.76. The Bertz CT molecular complexity index is 1050. The number of esters is 2. The second-order valence-electron chi connectivity index (χ2n) is 7.07. The van der Waals surface area contributed by atoms with Crippen LogP contribution in [0.5, 0.6) is 17.2 Å². The molecule has 0 saturated carbocycles. The molecule has 2 aromatic rings. The second-order valence-corrected chi connectivity index (χ2v) is 7.07. The third-order valence-electron chi connectivity index (χ3n) is 4.05. The molecule has 0 fully saturated rings. The van der Waals surface area contributed by atoms with E-state index in [0.29, 0.717) is 0 Å². The van der Waals surface area contributed by atoms with Gasteiger partial charge in [0.05, 0.1) is 5.39 Å². The first-order valence-electron chi connectivity index (χ1n) is 9.57. The van der Waals surface area contributed by atoms with Crippen LogP contribution in [-0.4, -0.2) is 18.5 Å². The molecule has 0 bridgehead atoms. The second kappa shape index (κ2) is 10.4. The summed E-state index contributed by atoms with van der Waals surface area (Å²) in [4.78, 5) is 35.3. The molecule has 7 heteroatoms. The first-order chi connectivity index (χ1) is 14.2.